The number of hydrogen-bond acceptors (Lipinski definition) is 4. The van der Waals surface area contributed by atoms with Crippen LogP contribution in [0.4, 0.5) is 5.69 Å². The molecule has 0 unspecified atom stereocenters. The van der Waals surface area contributed by atoms with Gasteiger partial charge in [0.05, 0.1) is 5.69 Å². The summed E-state index contributed by atoms with van der Waals surface area (Å²) in [7, 11) is -1.99. The van der Waals surface area contributed by atoms with Crippen LogP contribution < -0.4 is 10.0 Å². The second kappa shape index (κ2) is 5.32. The Morgan fingerprint density at radius 2 is 2.05 bits per heavy atom. The number of nitrogens with two attached hydrogens (primary N) is 1. The van der Waals surface area contributed by atoms with E-state index < -0.39 is 10.0 Å². The Morgan fingerprint density at radius 1 is 1.32 bits per heavy atom. The van der Waals surface area contributed by atoms with Gasteiger partial charge in [-0.05, 0) is 36.1 Å². The van der Waals surface area contributed by atoms with E-state index in [-0.39, 0.29) is 6.54 Å². The first kappa shape index (κ1) is 14.0. The van der Waals surface area contributed by atoms with Gasteiger partial charge in [-0.15, -0.1) is 11.3 Å². The van der Waals surface area contributed by atoms with Gasteiger partial charge < -0.3 is 5.73 Å². The van der Waals surface area contributed by atoms with Gasteiger partial charge in [-0.2, -0.15) is 0 Å². The quantitative estimate of drug-likeness (QED) is 0.942. The molecule has 1 aromatic carbocycles. The van der Waals surface area contributed by atoms with Gasteiger partial charge in [-0.25, -0.2) is 8.42 Å². The number of nitrogens with zero attached hydrogens (tertiary/aromatic N) is 1. The molecule has 1 aromatic heterocycles. The van der Waals surface area contributed by atoms with Crippen LogP contribution in [0.1, 0.15) is 10.4 Å². The van der Waals surface area contributed by atoms with Crippen molar-refractivity contribution in [3.05, 3.63) is 46.2 Å². The van der Waals surface area contributed by atoms with Crippen molar-refractivity contribution < 1.29 is 8.42 Å². The molecular weight excluding hydrogens is 280 g/mol. The maximum atomic E-state index is 12.6. The van der Waals surface area contributed by atoms with Crippen molar-refractivity contribution in [1.82, 2.24) is 0 Å². The second-order valence-corrected chi connectivity index (χ2v) is 7.16. The molecule has 102 valence electrons. The lowest BCUT2D eigenvalue weighted by atomic mass is 10.2. The molecule has 0 aliphatic rings. The van der Waals surface area contributed by atoms with Crippen molar-refractivity contribution in [3.63, 3.8) is 0 Å². The monoisotopic (exact) mass is 296 g/mol. The zero-order chi connectivity index (χ0) is 14.0. The molecule has 0 saturated heterocycles. The average Bonchev–Trinajstić information content (AvgIpc) is 2.86. The van der Waals surface area contributed by atoms with E-state index in [1.54, 1.807) is 24.6 Å². The van der Waals surface area contributed by atoms with E-state index in [1.165, 1.54) is 15.6 Å². The van der Waals surface area contributed by atoms with E-state index in [4.69, 9.17) is 5.73 Å². The Hall–Kier alpha value is -1.37. The van der Waals surface area contributed by atoms with Gasteiger partial charge in [0.2, 0.25) is 0 Å². The Balaban J connectivity index is 2.45. The van der Waals surface area contributed by atoms with Crippen molar-refractivity contribution >= 4 is 27.0 Å². The lowest BCUT2D eigenvalue weighted by molar-refractivity contribution is 0.594. The first-order valence-corrected chi connectivity index (χ1v) is 8.11. The molecule has 4 nitrogen and oxygen atoms in total. The highest BCUT2D eigenvalue weighted by Crippen LogP contribution is 2.27. The molecule has 19 heavy (non-hydrogen) atoms. The summed E-state index contributed by atoms with van der Waals surface area (Å²) in [5.74, 6) is 0. The number of thiophene rings is 1. The average molecular weight is 296 g/mol. The fourth-order valence-corrected chi connectivity index (χ4v) is 4.31. The van der Waals surface area contributed by atoms with Crippen molar-refractivity contribution in [1.29, 1.82) is 0 Å². The minimum absolute atomic E-state index is 0.230. The zero-order valence-electron chi connectivity index (χ0n) is 10.8. The van der Waals surface area contributed by atoms with Crippen LogP contribution in [-0.2, 0) is 16.6 Å². The molecule has 6 heteroatoms. The van der Waals surface area contributed by atoms with Gasteiger partial charge in [-0.1, -0.05) is 12.1 Å². The van der Waals surface area contributed by atoms with Crippen LogP contribution >= 0.6 is 11.3 Å². The minimum Gasteiger partial charge on any atom is -0.326 e. The highest BCUT2D eigenvalue weighted by molar-refractivity contribution is 7.93. The molecule has 2 rings (SSSR count). The lowest BCUT2D eigenvalue weighted by Gasteiger charge is -2.20. The summed E-state index contributed by atoms with van der Waals surface area (Å²) in [6, 6.07) is 8.99. The van der Waals surface area contributed by atoms with Crippen LogP contribution in [-0.4, -0.2) is 15.5 Å². The standard InChI is InChI=1S/C13H16N2O2S2/c1-10-4-3-5-11(8-10)15(2)19(16,17)13-6-7-18-12(13)9-14/h3-8H,9,14H2,1-2H3. The van der Waals surface area contributed by atoms with Gasteiger partial charge in [0, 0.05) is 18.5 Å². The van der Waals surface area contributed by atoms with E-state index in [0.29, 0.717) is 15.5 Å². The summed E-state index contributed by atoms with van der Waals surface area (Å²) in [6.07, 6.45) is 0. The summed E-state index contributed by atoms with van der Waals surface area (Å²) in [6.45, 7) is 2.16. The van der Waals surface area contributed by atoms with Crippen LogP contribution in [0.2, 0.25) is 0 Å². The van der Waals surface area contributed by atoms with Crippen LogP contribution in [0.5, 0.6) is 0 Å². The highest BCUT2D eigenvalue weighted by atomic mass is 32.2. The molecule has 0 spiro atoms. The minimum atomic E-state index is -3.54. The molecule has 2 N–H and O–H groups in total. The van der Waals surface area contributed by atoms with Gasteiger partial charge in [0.25, 0.3) is 10.0 Å². The van der Waals surface area contributed by atoms with Gasteiger partial charge in [-0.3, -0.25) is 4.31 Å². The Morgan fingerprint density at radius 3 is 2.68 bits per heavy atom. The second-order valence-electron chi connectivity index (χ2n) is 4.22. The third kappa shape index (κ3) is 2.65. The number of sulfonamides is 1. The smallest absolute Gasteiger partial charge is 0.265 e. The molecule has 0 aliphatic heterocycles. The number of aryl methyl sites for hydroxylation is 1. The summed E-state index contributed by atoms with van der Waals surface area (Å²) in [4.78, 5) is 0.975. The molecule has 0 fully saturated rings. The van der Waals surface area contributed by atoms with Crippen LogP contribution in [0, 0.1) is 6.92 Å². The first-order valence-electron chi connectivity index (χ1n) is 5.79. The third-order valence-electron chi connectivity index (χ3n) is 2.89. The Labute approximate surface area is 117 Å². The fourth-order valence-electron chi connectivity index (χ4n) is 1.82. The SMILES string of the molecule is Cc1cccc(N(C)S(=O)(=O)c2ccsc2CN)c1. The van der Waals surface area contributed by atoms with Crippen molar-refractivity contribution in [2.24, 2.45) is 5.73 Å². The maximum absolute atomic E-state index is 12.6. The number of hydrogen-bond donors (Lipinski definition) is 1. The van der Waals surface area contributed by atoms with Gasteiger partial charge >= 0.3 is 0 Å². The number of rotatable bonds is 4. The predicted molar refractivity (Wildman–Crippen MR) is 79.0 cm³/mol. The predicted octanol–water partition coefficient (Wildman–Crippen LogP) is 2.34. The lowest BCUT2D eigenvalue weighted by Crippen LogP contribution is -2.27. The van der Waals surface area contributed by atoms with E-state index in [9.17, 15) is 8.42 Å². The molecule has 0 atom stereocenters. The topological polar surface area (TPSA) is 63.4 Å². The number of anilines is 1. The normalized spacial score (nSPS) is 11.5. The zero-order valence-corrected chi connectivity index (χ0v) is 12.5. The molecule has 0 bridgehead atoms. The molecule has 0 aliphatic carbocycles. The first-order chi connectivity index (χ1) is 8.96. The summed E-state index contributed by atoms with van der Waals surface area (Å²) >= 11 is 1.36. The van der Waals surface area contributed by atoms with Crippen LogP contribution in [0.25, 0.3) is 0 Å². The third-order valence-corrected chi connectivity index (χ3v) is 5.84. The maximum Gasteiger partial charge on any atom is 0.265 e. The molecule has 2 aromatic rings. The highest BCUT2D eigenvalue weighted by Gasteiger charge is 2.24. The van der Waals surface area contributed by atoms with E-state index in [1.807, 2.05) is 25.1 Å². The van der Waals surface area contributed by atoms with Gasteiger partial charge in [0.1, 0.15) is 4.90 Å². The molecule has 0 saturated carbocycles. The van der Waals surface area contributed by atoms with Crippen LogP contribution in [0.15, 0.2) is 40.6 Å². The van der Waals surface area contributed by atoms with Gasteiger partial charge in [0.15, 0.2) is 0 Å². The van der Waals surface area contributed by atoms with E-state index in [2.05, 4.69) is 0 Å². The van der Waals surface area contributed by atoms with E-state index in [0.717, 1.165) is 5.56 Å². The summed E-state index contributed by atoms with van der Waals surface area (Å²) in [5, 5.41) is 1.75. The molecule has 0 radical (unpaired) electrons. The van der Waals surface area contributed by atoms with Crippen molar-refractivity contribution in [2.75, 3.05) is 11.4 Å². The van der Waals surface area contributed by atoms with Crippen LogP contribution in [0.3, 0.4) is 0 Å². The molecule has 1 heterocycles. The fraction of sp³-hybridized carbons (Fsp3) is 0.231. The number of benzene rings is 1. The van der Waals surface area contributed by atoms with Crippen molar-refractivity contribution in [3.8, 4) is 0 Å². The summed E-state index contributed by atoms with van der Waals surface area (Å²) < 4.78 is 26.4. The Bertz CT molecular complexity index is 677. The summed E-state index contributed by atoms with van der Waals surface area (Å²) in [5.41, 5.74) is 7.25. The Kier molecular flexibility index (Phi) is 3.93. The van der Waals surface area contributed by atoms with Crippen molar-refractivity contribution in [2.45, 2.75) is 18.4 Å². The largest absolute Gasteiger partial charge is 0.326 e. The van der Waals surface area contributed by atoms with E-state index >= 15 is 0 Å². The molecular formula is C13H16N2O2S2. The molecule has 0 amide bonds.